The molecular weight excluding hydrogens is 280 g/mol. The maximum atomic E-state index is 5.95. The molecule has 0 spiro atoms. The Morgan fingerprint density at radius 1 is 1.21 bits per heavy atom. The third-order valence-electron chi connectivity index (χ3n) is 2.69. The van der Waals surface area contributed by atoms with Crippen molar-refractivity contribution in [2.75, 3.05) is 0 Å². The number of ether oxygens (including phenoxy) is 1. The molecule has 1 aromatic carbocycles. The Balaban J connectivity index is 2.09. The van der Waals surface area contributed by atoms with E-state index >= 15 is 0 Å². The fourth-order valence-electron chi connectivity index (χ4n) is 1.77. The van der Waals surface area contributed by atoms with E-state index in [2.05, 4.69) is 23.0 Å². The second-order valence-corrected chi connectivity index (χ2v) is 5.45. The second-order valence-electron chi connectivity index (χ2n) is 4.00. The van der Waals surface area contributed by atoms with E-state index in [9.17, 15) is 0 Å². The first-order valence-corrected chi connectivity index (χ1v) is 7.14. The largest absolute Gasteiger partial charge is 0.438 e. The first kappa shape index (κ1) is 12.4. The topological polar surface area (TPSA) is 35.0 Å². The number of hydrogen-bond acceptors (Lipinski definition) is 4. The number of rotatable bonds is 3. The summed E-state index contributed by atoms with van der Waals surface area (Å²) in [4.78, 5) is 10.5. The van der Waals surface area contributed by atoms with Crippen LogP contribution in [0.1, 0.15) is 11.8 Å². The summed E-state index contributed by atoms with van der Waals surface area (Å²) in [7, 11) is 0. The minimum atomic E-state index is 0.211. The van der Waals surface area contributed by atoms with Gasteiger partial charge in [0.1, 0.15) is 10.6 Å². The van der Waals surface area contributed by atoms with Crippen molar-refractivity contribution >= 4 is 33.2 Å². The van der Waals surface area contributed by atoms with Crippen LogP contribution in [0.4, 0.5) is 0 Å². The summed E-state index contributed by atoms with van der Waals surface area (Å²) in [5, 5.41) is 1.12. The molecule has 0 N–H and O–H groups in total. The lowest BCUT2D eigenvalue weighted by atomic mass is 10.3. The van der Waals surface area contributed by atoms with E-state index in [1.165, 1.54) is 4.88 Å². The van der Waals surface area contributed by atoms with Crippen molar-refractivity contribution in [1.29, 1.82) is 0 Å². The third-order valence-corrected chi connectivity index (χ3v) is 4.03. The van der Waals surface area contributed by atoms with Gasteiger partial charge in [-0.1, -0.05) is 25.1 Å². The van der Waals surface area contributed by atoms with Crippen LogP contribution in [0, 0.1) is 0 Å². The molecule has 0 aliphatic rings. The fourth-order valence-corrected chi connectivity index (χ4v) is 2.94. The molecule has 0 saturated heterocycles. The first-order chi connectivity index (χ1) is 9.26. The van der Waals surface area contributed by atoms with Crippen molar-refractivity contribution < 1.29 is 4.74 Å². The maximum Gasteiger partial charge on any atom is 0.232 e. The van der Waals surface area contributed by atoms with Gasteiger partial charge in [-0.2, -0.15) is 4.98 Å². The Kier molecular flexibility index (Phi) is 3.36. The average molecular weight is 291 g/mol. The van der Waals surface area contributed by atoms with E-state index in [-0.39, 0.29) is 5.28 Å². The van der Waals surface area contributed by atoms with Crippen molar-refractivity contribution in [3.8, 4) is 11.6 Å². The molecule has 0 bridgehead atoms. The van der Waals surface area contributed by atoms with Crippen LogP contribution in [0.5, 0.6) is 11.6 Å². The van der Waals surface area contributed by atoms with Gasteiger partial charge in [0.05, 0.1) is 5.39 Å². The third kappa shape index (κ3) is 2.55. The molecule has 0 saturated carbocycles. The van der Waals surface area contributed by atoms with E-state index in [1.807, 2.05) is 30.3 Å². The molecule has 2 aromatic heterocycles. The Labute approximate surface area is 119 Å². The molecule has 0 unspecified atom stereocenters. The van der Waals surface area contributed by atoms with Gasteiger partial charge >= 0.3 is 0 Å². The zero-order chi connectivity index (χ0) is 13.2. The zero-order valence-corrected chi connectivity index (χ0v) is 11.8. The van der Waals surface area contributed by atoms with E-state index in [0.717, 1.165) is 22.4 Å². The van der Waals surface area contributed by atoms with Crippen LogP contribution in [0.2, 0.25) is 5.28 Å². The van der Waals surface area contributed by atoms with Gasteiger partial charge in [0, 0.05) is 4.88 Å². The van der Waals surface area contributed by atoms with Crippen LogP contribution in [0.25, 0.3) is 10.2 Å². The van der Waals surface area contributed by atoms with E-state index in [0.29, 0.717) is 5.88 Å². The number of para-hydroxylation sites is 1. The molecule has 3 rings (SSSR count). The van der Waals surface area contributed by atoms with Gasteiger partial charge in [-0.3, -0.25) is 0 Å². The highest BCUT2D eigenvalue weighted by Crippen LogP contribution is 2.33. The Hall–Kier alpha value is -1.65. The normalized spacial score (nSPS) is 10.8. The SMILES string of the molecule is CCc1cc2c(Oc3ccccc3)nc(Cl)nc2s1. The highest BCUT2D eigenvalue weighted by Gasteiger charge is 2.12. The predicted octanol–water partition coefficient (Wildman–Crippen LogP) is 4.70. The Morgan fingerprint density at radius 3 is 2.74 bits per heavy atom. The molecule has 96 valence electrons. The molecule has 0 fully saturated rings. The minimum Gasteiger partial charge on any atom is -0.438 e. The zero-order valence-electron chi connectivity index (χ0n) is 10.3. The minimum absolute atomic E-state index is 0.211. The van der Waals surface area contributed by atoms with Crippen LogP contribution in [0.3, 0.4) is 0 Å². The maximum absolute atomic E-state index is 5.95. The van der Waals surface area contributed by atoms with E-state index in [4.69, 9.17) is 16.3 Å². The molecule has 0 aliphatic carbocycles. The Bertz CT molecular complexity index is 712. The summed E-state index contributed by atoms with van der Waals surface area (Å²) in [5.41, 5.74) is 0. The molecule has 19 heavy (non-hydrogen) atoms. The van der Waals surface area contributed by atoms with Crippen LogP contribution < -0.4 is 4.74 Å². The monoisotopic (exact) mass is 290 g/mol. The summed E-state index contributed by atoms with van der Waals surface area (Å²) in [5.74, 6) is 1.25. The van der Waals surface area contributed by atoms with Gasteiger partial charge in [-0.05, 0) is 36.2 Å². The molecule has 3 nitrogen and oxygen atoms in total. The molecule has 0 aliphatic heterocycles. The summed E-state index contributed by atoms with van der Waals surface area (Å²) in [6, 6.07) is 11.6. The van der Waals surface area contributed by atoms with Crippen molar-refractivity contribution in [3.05, 3.63) is 46.6 Å². The van der Waals surface area contributed by atoms with Crippen LogP contribution >= 0.6 is 22.9 Å². The molecule has 5 heteroatoms. The average Bonchev–Trinajstić information content (AvgIpc) is 2.83. The molecule has 0 amide bonds. The molecule has 0 radical (unpaired) electrons. The lowest BCUT2D eigenvalue weighted by molar-refractivity contribution is 0.468. The van der Waals surface area contributed by atoms with Gasteiger partial charge in [0.2, 0.25) is 11.2 Å². The van der Waals surface area contributed by atoms with Crippen LogP contribution in [-0.2, 0) is 6.42 Å². The number of halogens is 1. The van der Waals surface area contributed by atoms with Crippen molar-refractivity contribution in [2.45, 2.75) is 13.3 Å². The van der Waals surface area contributed by atoms with Crippen LogP contribution in [-0.4, -0.2) is 9.97 Å². The highest BCUT2D eigenvalue weighted by atomic mass is 35.5. The Morgan fingerprint density at radius 2 is 2.00 bits per heavy atom. The summed E-state index contributed by atoms with van der Waals surface area (Å²) >= 11 is 7.57. The van der Waals surface area contributed by atoms with Crippen molar-refractivity contribution in [3.63, 3.8) is 0 Å². The number of fused-ring (bicyclic) bond motifs is 1. The molecular formula is C14H11ClN2OS. The smallest absolute Gasteiger partial charge is 0.232 e. The molecule has 2 heterocycles. The van der Waals surface area contributed by atoms with Gasteiger partial charge in [0.25, 0.3) is 0 Å². The summed E-state index contributed by atoms with van der Waals surface area (Å²) < 4.78 is 5.80. The number of benzene rings is 1. The van der Waals surface area contributed by atoms with Gasteiger partial charge in [-0.25, -0.2) is 4.98 Å². The van der Waals surface area contributed by atoms with E-state index < -0.39 is 0 Å². The summed E-state index contributed by atoms with van der Waals surface area (Å²) in [6.07, 6.45) is 0.962. The van der Waals surface area contributed by atoms with Crippen molar-refractivity contribution in [1.82, 2.24) is 9.97 Å². The standard InChI is InChI=1S/C14H11ClN2OS/c1-2-10-8-11-12(16-14(15)17-13(11)19-10)18-9-6-4-3-5-7-9/h3-8H,2H2,1H3. The fraction of sp³-hybridized carbons (Fsp3) is 0.143. The number of nitrogens with zero attached hydrogens (tertiary/aromatic N) is 2. The van der Waals surface area contributed by atoms with Gasteiger partial charge in [0.15, 0.2) is 0 Å². The van der Waals surface area contributed by atoms with E-state index in [1.54, 1.807) is 11.3 Å². The van der Waals surface area contributed by atoms with Gasteiger partial charge < -0.3 is 4.74 Å². The lowest BCUT2D eigenvalue weighted by Crippen LogP contribution is -1.90. The van der Waals surface area contributed by atoms with Crippen molar-refractivity contribution in [2.24, 2.45) is 0 Å². The van der Waals surface area contributed by atoms with Gasteiger partial charge in [-0.15, -0.1) is 11.3 Å². The quantitative estimate of drug-likeness (QED) is 0.656. The highest BCUT2D eigenvalue weighted by molar-refractivity contribution is 7.18. The molecule has 3 aromatic rings. The summed E-state index contributed by atoms with van der Waals surface area (Å²) in [6.45, 7) is 2.11. The molecule has 0 atom stereocenters. The number of hydrogen-bond donors (Lipinski definition) is 0. The number of aryl methyl sites for hydroxylation is 1. The lowest BCUT2D eigenvalue weighted by Gasteiger charge is -2.05. The first-order valence-electron chi connectivity index (χ1n) is 5.95. The number of thiophene rings is 1. The second kappa shape index (κ2) is 5.15. The number of aromatic nitrogens is 2. The van der Waals surface area contributed by atoms with Crippen LogP contribution in [0.15, 0.2) is 36.4 Å². The predicted molar refractivity (Wildman–Crippen MR) is 78.3 cm³/mol.